The highest BCUT2D eigenvalue weighted by Gasteiger charge is 2.21. The van der Waals surface area contributed by atoms with E-state index in [-0.39, 0.29) is 11.4 Å². The molecule has 1 heterocycles. The molecule has 2 N–H and O–H groups in total. The van der Waals surface area contributed by atoms with Crippen molar-refractivity contribution in [3.05, 3.63) is 34.5 Å². The molecule has 0 bridgehead atoms. The number of benzene rings is 1. The van der Waals surface area contributed by atoms with Crippen LogP contribution in [0.3, 0.4) is 0 Å². The van der Waals surface area contributed by atoms with Crippen LogP contribution in [0.2, 0.25) is 0 Å². The predicted molar refractivity (Wildman–Crippen MR) is 59.4 cm³/mol. The largest absolute Gasteiger partial charge is 0.490 e. The van der Waals surface area contributed by atoms with Gasteiger partial charge in [-0.15, -0.1) is 0 Å². The third-order valence-corrected chi connectivity index (χ3v) is 2.26. The van der Waals surface area contributed by atoms with Crippen LogP contribution >= 0.6 is 0 Å². The number of nitrogen functional groups attached to an aromatic ring is 1. The number of aromatic nitrogens is 1. The fourth-order valence-corrected chi connectivity index (χ4v) is 1.58. The Kier molecular flexibility index (Phi) is 2.32. The number of fused-ring (bicyclic) bond motifs is 1. The number of nitrogens with two attached hydrogens (primary N) is 1. The molecule has 0 radical (unpaired) electrons. The van der Waals surface area contributed by atoms with E-state index in [9.17, 15) is 10.1 Å². The van der Waals surface area contributed by atoms with Gasteiger partial charge in [0.1, 0.15) is 5.52 Å². The van der Waals surface area contributed by atoms with Crippen LogP contribution in [0.25, 0.3) is 10.9 Å². The maximum Gasteiger partial charge on any atom is 0.320 e. The van der Waals surface area contributed by atoms with E-state index >= 15 is 0 Å². The van der Waals surface area contributed by atoms with Crippen LogP contribution in [-0.4, -0.2) is 17.0 Å². The third kappa shape index (κ3) is 1.40. The summed E-state index contributed by atoms with van der Waals surface area (Å²) in [6, 6.07) is 4.63. The van der Waals surface area contributed by atoms with E-state index in [0.717, 1.165) is 0 Å². The summed E-state index contributed by atoms with van der Waals surface area (Å²) in [4.78, 5) is 14.5. The first-order valence-electron chi connectivity index (χ1n) is 4.50. The Morgan fingerprint density at radius 2 is 2.31 bits per heavy atom. The second-order valence-electron chi connectivity index (χ2n) is 3.17. The van der Waals surface area contributed by atoms with Crippen molar-refractivity contribution in [3.8, 4) is 5.75 Å². The van der Waals surface area contributed by atoms with Crippen LogP contribution in [0.5, 0.6) is 5.75 Å². The molecule has 1 aromatic carbocycles. The minimum atomic E-state index is -0.498. The molecule has 16 heavy (non-hydrogen) atoms. The van der Waals surface area contributed by atoms with Gasteiger partial charge in [0.15, 0.2) is 5.75 Å². The van der Waals surface area contributed by atoms with Crippen LogP contribution in [-0.2, 0) is 0 Å². The molecule has 0 saturated heterocycles. The molecule has 0 aliphatic heterocycles. The Morgan fingerprint density at radius 3 is 2.94 bits per heavy atom. The van der Waals surface area contributed by atoms with E-state index in [1.807, 2.05) is 0 Å². The van der Waals surface area contributed by atoms with Crippen molar-refractivity contribution >= 4 is 22.3 Å². The summed E-state index contributed by atoms with van der Waals surface area (Å²) in [6.07, 6.45) is 1.54. The van der Waals surface area contributed by atoms with Crippen molar-refractivity contribution in [1.29, 1.82) is 0 Å². The van der Waals surface area contributed by atoms with Gasteiger partial charge in [-0.25, -0.2) is 0 Å². The van der Waals surface area contributed by atoms with Crippen molar-refractivity contribution in [1.82, 2.24) is 4.98 Å². The third-order valence-electron chi connectivity index (χ3n) is 2.26. The number of nitrogens with zero attached hydrogens (tertiary/aromatic N) is 2. The highest BCUT2D eigenvalue weighted by atomic mass is 16.6. The molecule has 0 spiro atoms. The molecule has 0 aliphatic rings. The van der Waals surface area contributed by atoms with Gasteiger partial charge in [0, 0.05) is 12.3 Å². The molecule has 0 aliphatic carbocycles. The van der Waals surface area contributed by atoms with Gasteiger partial charge in [-0.1, -0.05) is 0 Å². The van der Waals surface area contributed by atoms with E-state index in [1.54, 1.807) is 12.1 Å². The summed E-state index contributed by atoms with van der Waals surface area (Å²) < 4.78 is 4.95. The van der Waals surface area contributed by atoms with Crippen molar-refractivity contribution < 1.29 is 9.66 Å². The maximum absolute atomic E-state index is 11.0. The topological polar surface area (TPSA) is 91.3 Å². The normalized spacial score (nSPS) is 10.3. The van der Waals surface area contributed by atoms with E-state index in [1.165, 1.54) is 19.4 Å². The Hall–Kier alpha value is -2.37. The first kappa shape index (κ1) is 10.2. The summed E-state index contributed by atoms with van der Waals surface area (Å²) in [6.45, 7) is 0. The molecule has 6 heteroatoms. The number of pyridine rings is 1. The number of rotatable bonds is 2. The number of nitro groups is 1. The highest BCUT2D eigenvalue weighted by molar-refractivity contribution is 5.98. The lowest BCUT2D eigenvalue weighted by Crippen LogP contribution is -1.98. The molecule has 2 aromatic rings. The monoisotopic (exact) mass is 219 g/mol. The molecule has 0 atom stereocenters. The Balaban J connectivity index is 2.92. The van der Waals surface area contributed by atoms with Gasteiger partial charge in [0.25, 0.3) is 0 Å². The average Bonchev–Trinajstić information content (AvgIpc) is 2.28. The van der Waals surface area contributed by atoms with Gasteiger partial charge in [0.2, 0.25) is 0 Å². The van der Waals surface area contributed by atoms with Crippen LogP contribution < -0.4 is 10.5 Å². The summed E-state index contributed by atoms with van der Waals surface area (Å²) in [5.74, 6) is 0.142. The van der Waals surface area contributed by atoms with Gasteiger partial charge in [-0.2, -0.15) is 0 Å². The predicted octanol–water partition coefficient (Wildman–Crippen LogP) is 1.73. The van der Waals surface area contributed by atoms with Gasteiger partial charge in [0.05, 0.1) is 23.1 Å². The standard InChI is InChI=1S/C10H9N3O3/c1-16-8-5-7(11)9-6(3-2-4-12-9)10(8)13(14)15/h2-5H,11H2,1H3. The van der Waals surface area contributed by atoms with Crippen LogP contribution in [0, 0.1) is 10.1 Å². The van der Waals surface area contributed by atoms with Crippen LogP contribution in [0.15, 0.2) is 24.4 Å². The first-order valence-corrected chi connectivity index (χ1v) is 4.50. The molecule has 6 nitrogen and oxygen atoms in total. The molecule has 0 unspecified atom stereocenters. The lowest BCUT2D eigenvalue weighted by Gasteiger charge is -2.06. The number of nitro benzene ring substituents is 1. The molecule has 0 saturated carbocycles. The van der Waals surface area contributed by atoms with Gasteiger partial charge in [-0.05, 0) is 12.1 Å². The number of hydrogen-bond acceptors (Lipinski definition) is 5. The lowest BCUT2D eigenvalue weighted by atomic mass is 10.1. The van der Waals surface area contributed by atoms with Gasteiger partial charge >= 0.3 is 5.69 Å². The number of ether oxygens (including phenoxy) is 1. The van der Waals surface area contributed by atoms with Gasteiger partial charge in [-0.3, -0.25) is 15.1 Å². The number of methoxy groups -OCH3 is 1. The Morgan fingerprint density at radius 1 is 1.56 bits per heavy atom. The zero-order valence-corrected chi connectivity index (χ0v) is 8.51. The zero-order valence-electron chi connectivity index (χ0n) is 8.51. The van der Waals surface area contributed by atoms with E-state index < -0.39 is 4.92 Å². The minimum absolute atomic E-state index is 0.111. The molecule has 0 amide bonds. The van der Waals surface area contributed by atoms with Crippen molar-refractivity contribution in [3.63, 3.8) is 0 Å². The lowest BCUT2D eigenvalue weighted by molar-refractivity contribution is -0.383. The number of hydrogen-bond donors (Lipinski definition) is 1. The second-order valence-corrected chi connectivity index (χ2v) is 3.17. The second kappa shape index (κ2) is 3.65. The summed E-state index contributed by atoms with van der Waals surface area (Å²) in [7, 11) is 1.37. The molecule has 1 aromatic heterocycles. The quantitative estimate of drug-likeness (QED) is 0.471. The van der Waals surface area contributed by atoms with Crippen molar-refractivity contribution in [2.75, 3.05) is 12.8 Å². The Bertz CT molecular complexity index is 568. The summed E-state index contributed by atoms with van der Waals surface area (Å²) >= 11 is 0. The zero-order chi connectivity index (χ0) is 11.7. The van der Waals surface area contributed by atoms with E-state index in [0.29, 0.717) is 16.6 Å². The fourth-order valence-electron chi connectivity index (χ4n) is 1.58. The molecule has 2 rings (SSSR count). The van der Waals surface area contributed by atoms with Crippen molar-refractivity contribution in [2.24, 2.45) is 0 Å². The fraction of sp³-hybridized carbons (Fsp3) is 0.100. The summed E-state index contributed by atoms with van der Waals surface area (Å²) in [5.41, 5.74) is 6.40. The van der Waals surface area contributed by atoms with E-state index in [4.69, 9.17) is 10.5 Å². The Labute approximate surface area is 90.8 Å². The maximum atomic E-state index is 11.0. The molecule has 0 fully saturated rings. The minimum Gasteiger partial charge on any atom is -0.490 e. The molecular weight excluding hydrogens is 210 g/mol. The number of anilines is 1. The van der Waals surface area contributed by atoms with Gasteiger partial charge < -0.3 is 10.5 Å². The highest BCUT2D eigenvalue weighted by Crippen LogP contribution is 2.37. The van der Waals surface area contributed by atoms with Crippen LogP contribution in [0.4, 0.5) is 11.4 Å². The molecular formula is C10H9N3O3. The first-order chi connectivity index (χ1) is 7.65. The van der Waals surface area contributed by atoms with E-state index in [2.05, 4.69) is 4.98 Å². The SMILES string of the molecule is COc1cc(N)c2ncccc2c1[N+](=O)[O-]. The van der Waals surface area contributed by atoms with Crippen molar-refractivity contribution in [2.45, 2.75) is 0 Å². The smallest absolute Gasteiger partial charge is 0.320 e. The summed E-state index contributed by atoms with van der Waals surface area (Å²) in [5, 5.41) is 11.3. The average molecular weight is 219 g/mol. The van der Waals surface area contributed by atoms with Crippen LogP contribution in [0.1, 0.15) is 0 Å². The molecule has 82 valence electrons.